The molecule has 0 aromatic heterocycles. The van der Waals surface area contributed by atoms with Crippen LogP contribution in [0, 0.1) is 0 Å². The van der Waals surface area contributed by atoms with Crippen LogP contribution in [-0.2, 0) is 16.0 Å². The van der Waals surface area contributed by atoms with E-state index in [-0.39, 0.29) is 12.3 Å². The average molecular weight is 250 g/mol. The summed E-state index contributed by atoms with van der Waals surface area (Å²) in [4.78, 5) is 22.4. The quantitative estimate of drug-likeness (QED) is 0.736. The molecule has 0 spiro atoms. The first-order valence-electron chi connectivity index (χ1n) is 5.76. The first-order valence-corrected chi connectivity index (χ1v) is 5.76. The molecular weight excluding hydrogens is 232 g/mol. The van der Waals surface area contributed by atoms with Gasteiger partial charge in [0.25, 0.3) is 0 Å². The lowest BCUT2D eigenvalue weighted by Gasteiger charge is -2.21. The number of carboxylic acids is 1. The summed E-state index contributed by atoms with van der Waals surface area (Å²) in [6.07, 6.45) is 0.449. The summed E-state index contributed by atoms with van der Waals surface area (Å²) in [6.45, 7) is 3.49. The molecule has 0 heterocycles. The zero-order valence-corrected chi connectivity index (χ0v) is 10.6. The number of nitrogens with one attached hydrogen (secondary N) is 1. The second-order valence-electron chi connectivity index (χ2n) is 4.50. The van der Waals surface area contributed by atoms with Crippen molar-refractivity contribution in [1.29, 1.82) is 0 Å². The van der Waals surface area contributed by atoms with E-state index in [1.807, 2.05) is 6.92 Å². The summed E-state index contributed by atoms with van der Waals surface area (Å²) in [7, 11) is 0. The van der Waals surface area contributed by atoms with Crippen molar-refractivity contribution in [2.24, 2.45) is 5.73 Å². The Labute approximate surface area is 106 Å². The fourth-order valence-corrected chi connectivity index (χ4v) is 1.37. The van der Waals surface area contributed by atoms with Crippen molar-refractivity contribution >= 4 is 17.6 Å². The Morgan fingerprint density at radius 2 is 2.11 bits per heavy atom. The molecule has 1 atom stereocenters. The smallest absolute Gasteiger partial charge is 0.307 e. The molecule has 0 saturated carbocycles. The Morgan fingerprint density at radius 1 is 1.44 bits per heavy atom. The Bertz CT molecular complexity index is 455. The molecule has 0 aliphatic heterocycles. The minimum Gasteiger partial charge on any atom is -0.481 e. The van der Waals surface area contributed by atoms with Crippen LogP contribution >= 0.6 is 0 Å². The second-order valence-corrected chi connectivity index (χ2v) is 4.50. The van der Waals surface area contributed by atoms with Gasteiger partial charge in [0.1, 0.15) is 0 Å². The molecule has 0 aliphatic carbocycles. The molecule has 1 rings (SSSR count). The highest BCUT2D eigenvalue weighted by atomic mass is 16.4. The number of benzene rings is 1. The van der Waals surface area contributed by atoms with Gasteiger partial charge in [-0.25, -0.2) is 0 Å². The van der Waals surface area contributed by atoms with Gasteiger partial charge in [0, 0.05) is 5.69 Å². The monoisotopic (exact) mass is 250 g/mol. The number of carbonyl (C=O) groups is 2. The van der Waals surface area contributed by atoms with E-state index < -0.39 is 11.5 Å². The van der Waals surface area contributed by atoms with Gasteiger partial charge in [-0.05, 0) is 31.0 Å². The van der Waals surface area contributed by atoms with Gasteiger partial charge in [0.15, 0.2) is 0 Å². The topological polar surface area (TPSA) is 92.4 Å². The minimum absolute atomic E-state index is 0.0720. The molecular formula is C13H18N2O3. The number of nitrogens with two attached hydrogens (primary N) is 1. The number of carboxylic acid groups (broad SMARTS) is 1. The third-order valence-corrected chi connectivity index (χ3v) is 2.79. The van der Waals surface area contributed by atoms with Gasteiger partial charge in [-0.2, -0.15) is 0 Å². The van der Waals surface area contributed by atoms with Gasteiger partial charge in [0.2, 0.25) is 5.91 Å². The Hall–Kier alpha value is -1.88. The number of rotatable bonds is 5. The van der Waals surface area contributed by atoms with Crippen LogP contribution in [0.4, 0.5) is 5.69 Å². The van der Waals surface area contributed by atoms with Gasteiger partial charge >= 0.3 is 5.97 Å². The standard InChI is InChI=1S/C13H18N2O3/c1-3-13(2,14)12(18)15-10-6-4-5-9(7-10)8-11(16)17/h4-7H,3,8,14H2,1-2H3,(H,15,18)(H,16,17). The molecule has 0 fully saturated rings. The molecule has 1 unspecified atom stereocenters. The van der Waals surface area contributed by atoms with Crippen LogP contribution in [0.1, 0.15) is 25.8 Å². The Kier molecular flexibility index (Phi) is 4.44. The van der Waals surface area contributed by atoms with Gasteiger partial charge in [-0.15, -0.1) is 0 Å². The van der Waals surface area contributed by atoms with Crippen molar-refractivity contribution in [3.8, 4) is 0 Å². The molecule has 18 heavy (non-hydrogen) atoms. The molecule has 4 N–H and O–H groups in total. The predicted molar refractivity (Wildman–Crippen MR) is 69.3 cm³/mol. The number of carbonyl (C=O) groups excluding carboxylic acids is 1. The van der Waals surface area contributed by atoms with E-state index in [1.165, 1.54) is 0 Å². The first-order chi connectivity index (χ1) is 8.35. The molecule has 1 amide bonds. The number of hydrogen-bond acceptors (Lipinski definition) is 3. The lowest BCUT2D eigenvalue weighted by atomic mass is 9.99. The van der Waals surface area contributed by atoms with Crippen LogP contribution in [0.2, 0.25) is 0 Å². The summed E-state index contributed by atoms with van der Waals surface area (Å²) in [5.74, 6) is -1.19. The van der Waals surface area contributed by atoms with Crippen LogP contribution in [0.15, 0.2) is 24.3 Å². The minimum atomic E-state index is -0.928. The molecule has 0 aliphatic rings. The number of amides is 1. The molecule has 5 nitrogen and oxygen atoms in total. The second kappa shape index (κ2) is 5.64. The van der Waals surface area contributed by atoms with Crippen molar-refractivity contribution in [2.75, 3.05) is 5.32 Å². The van der Waals surface area contributed by atoms with Gasteiger partial charge < -0.3 is 16.2 Å². The van der Waals surface area contributed by atoms with E-state index >= 15 is 0 Å². The number of aliphatic carboxylic acids is 1. The molecule has 0 saturated heterocycles. The predicted octanol–water partition coefficient (Wildman–Crippen LogP) is 1.38. The van der Waals surface area contributed by atoms with E-state index in [1.54, 1.807) is 31.2 Å². The summed E-state index contributed by atoms with van der Waals surface area (Å²) < 4.78 is 0. The highest BCUT2D eigenvalue weighted by Gasteiger charge is 2.25. The number of anilines is 1. The highest BCUT2D eigenvalue weighted by molar-refractivity contribution is 5.97. The fraction of sp³-hybridized carbons (Fsp3) is 0.385. The van der Waals surface area contributed by atoms with Crippen LogP contribution in [0.3, 0.4) is 0 Å². The summed E-state index contributed by atoms with van der Waals surface area (Å²) in [5, 5.41) is 11.4. The Morgan fingerprint density at radius 3 is 2.67 bits per heavy atom. The van der Waals surface area contributed by atoms with E-state index in [2.05, 4.69) is 5.32 Å². The maximum Gasteiger partial charge on any atom is 0.307 e. The van der Waals surface area contributed by atoms with Crippen molar-refractivity contribution < 1.29 is 14.7 Å². The maximum absolute atomic E-state index is 11.8. The number of hydrogen-bond donors (Lipinski definition) is 3. The summed E-state index contributed by atoms with van der Waals surface area (Å²) >= 11 is 0. The normalized spacial score (nSPS) is 13.7. The van der Waals surface area contributed by atoms with E-state index in [4.69, 9.17) is 10.8 Å². The largest absolute Gasteiger partial charge is 0.481 e. The van der Waals surface area contributed by atoms with E-state index in [0.717, 1.165) is 0 Å². The molecule has 5 heteroatoms. The highest BCUT2D eigenvalue weighted by Crippen LogP contribution is 2.14. The van der Waals surface area contributed by atoms with Crippen LogP contribution in [0.25, 0.3) is 0 Å². The van der Waals surface area contributed by atoms with E-state index in [0.29, 0.717) is 17.7 Å². The van der Waals surface area contributed by atoms with Crippen molar-refractivity contribution in [2.45, 2.75) is 32.2 Å². The lowest BCUT2D eigenvalue weighted by molar-refractivity contribution is -0.136. The van der Waals surface area contributed by atoms with E-state index in [9.17, 15) is 9.59 Å². The van der Waals surface area contributed by atoms with Gasteiger partial charge in [0.05, 0.1) is 12.0 Å². The van der Waals surface area contributed by atoms with Crippen LogP contribution in [0.5, 0.6) is 0 Å². The third-order valence-electron chi connectivity index (χ3n) is 2.79. The molecule has 0 bridgehead atoms. The average Bonchev–Trinajstić information content (AvgIpc) is 2.28. The summed E-state index contributed by atoms with van der Waals surface area (Å²) in [6, 6.07) is 6.74. The zero-order valence-electron chi connectivity index (χ0n) is 10.6. The van der Waals surface area contributed by atoms with Crippen molar-refractivity contribution in [3.05, 3.63) is 29.8 Å². The third kappa shape index (κ3) is 3.85. The lowest BCUT2D eigenvalue weighted by Crippen LogP contribution is -2.47. The zero-order chi connectivity index (χ0) is 13.8. The SMILES string of the molecule is CCC(C)(N)C(=O)Nc1cccc(CC(=O)O)c1. The van der Waals surface area contributed by atoms with Gasteiger partial charge in [-0.1, -0.05) is 19.1 Å². The molecule has 98 valence electrons. The van der Waals surface area contributed by atoms with Crippen LogP contribution < -0.4 is 11.1 Å². The maximum atomic E-state index is 11.8. The molecule has 1 aromatic rings. The Balaban J connectivity index is 2.79. The summed E-state index contributed by atoms with van der Waals surface area (Å²) in [5.41, 5.74) is 6.09. The van der Waals surface area contributed by atoms with Crippen LogP contribution in [-0.4, -0.2) is 22.5 Å². The fourth-order valence-electron chi connectivity index (χ4n) is 1.37. The molecule has 0 radical (unpaired) electrons. The van der Waals surface area contributed by atoms with Crippen molar-refractivity contribution in [1.82, 2.24) is 0 Å². The molecule has 1 aromatic carbocycles. The van der Waals surface area contributed by atoms with Crippen molar-refractivity contribution in [3.63, 3.8) is 0 Å². The first kappa shape index (κ1) is 14.2. The van der Waals surface area contributed by atoms with Gasteiger partial charge in [-0.3, -0.25) is 9.59 Å².